The number of anilines is 1. The average Bonchev–Trinajstić information content (AvgIpc) is 2.61. The number of hydrogen-bond donors (Lipinski definition) is 1. The zero-order valence-corrected chi connectivity index (χ0v) is 16.3. The fourth-order valence-electron chi connectivity index (χ4n) is 3.58. The van der Waals surface area contributed by atoms with E-state index in [4.69, 9.17) is 4.74 Å². The Morgan fingerprint density at radius 2 is 2.12 bits per heavy atom. The molecular weight excluding hydrogens is 332 g/mol. The molecule has 2 aliphatic heterocycles. The lowest BCUT2D eigenvalue weighted by Gasteiger charge is -2.38. The molecule has 0 spiro atoms. The number of aromatic nitrogens is 1. The van der Waals surface area contributed by atoms with Crippen LogP contribution in [0.4, 0.5) is 5.82 Å². The molecule has 0 aliphatic carbocycles. The zero-order valence-electron chi connectivity index (χ0n) is 15.4. The summed E-state index contributed by atoms with van der Waals surface area (Å²) in [6.45, 7) is 12.6. The van der Waals surface area contributed by atoms with Crippen molar-refractivity contribution in [3.63, 3.8) is 0 Å². The normalized spacial score (nSPS) is 22.2. The van der Waals surface area contributed by atoms with Crippen LogP contribution >= 0.6 is 11.8 Å². The van der Waals surface area contributed by atoms with E-state index in [2.05, 4.69) is 43.4 Å². The fourth-order valence-corrected chi connectivity index (χ4v) is 4.35. The number of H-pyrrole nitrogens is 1. The number of likely N-dealkylation sites (N-methyl/N-ethyl adjacent to an activating group) is 1. The number of fused-ring (bicyclic) bond motifs is 1. The first-order valence-electron chi connectivity index (χ1n) is 8.88. The maximum absolute atomic E-state index is 9.86. The summed E-state index contributed by atoms with van der Waals surface area (Å²) < 4.78 is 5.53. The maximum atomic E-state index is 9.86. The van der Waals surface area contributed by atoms with Gasteiger partial charge in [-0.25, -0.2) is 4.98 Å². The molecule has 0 amide bonds. The third kappa shape index (κ3) is 3.55. The Kier molecular flexibility index (Phi) is 5.38. The third-order valence-electron chi connectivity index (χ3n) is 5.41. The van der Waals surface area contributed by atoms with Gasteiger partial charge in [0.05, 0.1) is 25.8 Å². The lowest BCUT2D eigenvalue weighted by Crippen LogP contribution is -3.16. The van der Waals surface area contributed by atoms with Crippen molar-refractivity contribution in [2.75, 3.05) is 44.0 Å². The van der Waals surface area contributed by atoms with E-state index in [9.17, 15) is 5.26 Å². The molecular formula is C19H28N4OS+2. The van der Waals surface area contributed by atoms with Crippen molar-refractivity contribution in [3.8, 4) is 6.07 Å². The number of hydrogen-bond acceptors (Lipinski definition) is 4. The molecule has 3 heterocycles. The monoisotopic (exact) mass is 360 g/mol. The minimum atomic E-state index is 0.128. The first kappa shape index (κ1) is 18.2. The molecule has 2 N–H and O–H groups in total. The van der Waals surface area contributed by atoms with Crippen molar-refractivity contribution in [3.05, 3.63) is 29.3 Å². The highest BCUT2D eigenvalue weighted by molar-refractivity contribution is 7.99. The summed E-state index contributed by atoms with van der Waals surface area (Å²) >= 11 is 1.66. The van der Waals surface area contributed by atoms with E-state index < -0.39 is 0 Å². The number of aromatic amines is 1. The Bertz CT molecular complexity index is 704. The van der Waals surface area contributed by atoms with Crippen molar-refractivity contribution in [2.24, 2.45) is 0 Å². The van der Waals surface area contributed by atoms with Crippen LogP contribution in [-0.2, 0) is 17.7 Å². The van der Waals surface area contributed by atoms with Gasteiger partial charge in [-0.3, -0.25) is 4.90 Å². The predicted molar refractivity (Wildman–Crippen MR) is 100 cm³/mol. The van der Waals surface area contributed by atoms with Gasteiger partial charge in [-0.05, 0) is 19.4 Å². The lowest BCUT2D eigenvalue weighted by molar-refractivity contribution is -0.945. The Morgan fingerprint density at radius 3 is 2.76 bits per heavy atom. The Balaban J connectivity index is 2.14. The average molecular weight is 361 g/mol. The molecule has 1 atom stereocenters. The predicted octanol–water partition coefficient (Wildman–Crippen LogP) is 0.836. The molecule has 5 nitrogen and oxygen atoms in total. The highest BCUT2D eigenvalue weighted by Crippen LogP contribution is 2.32. The third-order valence-corrected chi connectivity index (χ3v) is 6.41. The molecule has 1 aromatic rings. The Hall–Kier alpha value is -1.55. The van der Waals surface area contributed by atoms with E-state index in [0.717, 1.165) is 55.6 Å². The number of ether oxygens (including phenoxy) is 1. The van der Waals surface area contributed by atoms with Crippen LogP contribution in [0.2, 0.25) is 0 Å². The summed E-state index contributed by atoms with van der Waals surface area (Å²) in [7, 11) is 2.25. The first-order chi connectivity index (χ1) is 12.0. The van der Waals surface area contributed by atoms with Gasteiger partial charge in [-0.15, -0.1) is 6.58 Å². The number of pyridine rings is 1. The van der Waals surface area contributed by atoms with Gasteiger partial charge in [-0.1, -0.05) is 17.8 Å². The van der Waals surface area contributed by atoms with Crippen molar-refractivity contribution < 1.29 is 14.6 Å². The van der Waals surface area contributed by atoms with E-state index in [-0.39, 0.29) is 5.54 Å². The molecule has 0 aromatic carbocycles. The van der Waals surface area contributed by atoms with Crippen LogP contribution < -0.4 is 14.8 Å². The van der Waals surface area contributed by atoms with Crippen LogP contribution in [-0.4, -0.2) is 44.6 Å². The van der Waals surface area contributed by atoms with Gasteiger partial charge in [0.2, 0.25) is 0 Å². The van der Waals surface area contributed by atoms with Gasteiger partial charge >= 0.3 is 0 Å². The molecule has 1 unspecified atom stereocenters. The molecule has 1 aromatic heterocycles. The number of nitrogens with one attached hydrogen (secondary N) is 2. The molecule has 25 heavy (non-hydrogen) atoms. The lowest BCUT2D eigenvalue weighted by atomic mass is 9.84. The molecule has 134 valence electrons. The molecule has 0 bridgehead atoms. The van der Waals surface area contributed by atoms with Crippen molar-refractivity contribution >= 4 is 17.6 Å². The van der Waals surface area contributed by atoms with Gasteiger partial charge < -0.3 is 9.64 Å². The number of morpholine rings is 1. The molecule has 1 saturated heterocycles. The van der Waals surface area contributed by atoms with Crippen LogP contribution in [0.3, 0.4) is 0 Å². The Labute approximate surface area is 154 Å². The van der Waals surface area contributed by atoms with Gasteiger partial charge in [0, 0.05) is 12.2 Å². The summed E-state index contributed by atoms with van der Waals surface area (Å²) in [6, 6.07) is 2.48. The summed E-state index contributed by atoms with van der Waals surface area (Å²) in [5.41, 5.74) is 3.48. The van der Waals surface area contributed by atoms with Crippen LogP contribution in [0.5, 0.6) is 0 Å². The molecule has 3 rings (SSSR count). The van der Waals surface area contributed by atoms with Crippen molar-refractivity contribution in [1.29, 1.82) is 5.26 Å². The first-order valence-corrected chi connectivity index (χ1v) is 9.87. The summed E-state index contributed by atoms with van der Waals surface area (Å²) in [4.78, 5) is 7.46. The summed E-state index contributed by atoms with van der Waals surface area (Å²) in [5.74, 6) is 1.97. The quantitative estimate of drug-likeness (QED) is 0.639. The number of quaternary nitrogens is 1. The highest BCUT2D eigenvalue weighted by Gasteiger charge is 2.41. The molecule has 0 saturated carbocycles. The second kappa shape index (κ2) is 7.36. The number of nitrogens with zero attached hydrogens (tertiary/aromatic N) is 2. The topological polar surface area (TPSA) is 54.8 Å². The molecule has 2 aliphatic rings. The second-order valence-corrected chi connectivity index (χ2v) is 8.49. The molecule has 6 heteroatoms. The SMILES string of the molecule is C=CCSc1[nH+]c(N2CCOCC2)c2c(c1C#N)CC(C)(C)[NH+](C)C2. The van der Waals surface area contributed by atoms with Crippen LogP contribution in [0, 0.1) is 11.3 Å². The largest absolute Gasteiger partial charge is 0.373 e. The van der Waals surface area contributed by atoms with Crippen LogP contribution in [0.15, 0.2) is 17.7 Å². The number of nitriles is 1. The standard InChI is InChI=1S/C19H26N4OS/c1-5-10-25-18-15(12-20)14-11-19(2,3)22(4)13-16(14)17(21-18)23-6-8-24-9-7-23/h5H,1,6-11,13H2,2-4H3/p+2. The highest BCUT2D eigenvalue weighted by atomic mass is 32.2. The van der Waals surface area contributed by atoms with E-state index in [1.54, 1.807) is 11.8 Å². The van der Waals surface area contributed by atoms with E-state index >= 15 is 0 Å². The van der Waals surface area contributed by atoms with Crippen molar-refractivity contribution in [1.82, 2.24) is 0 Å². The van der Waals surface area contributed by atoms with E-state index in [1.165, 1.54) is 21.8 Å². The minimum absolute atomic E-state index is 0.128. The number of rotatable bonds is 4. The second-order valence-electron chi connectivity index (χ2n) is 7.46. The van der Waals surface area contributed by atoms with Gasteiger partial charge in [-0.2, -0.15) is 5.26 Å². The van der Waals surface area contributed by atoms with Gasteiger partial charge in [0.15, 0.2) is 5.03 Å². The van der Waals surface area contributed by atoms with E-state index in [1.807, 2.05) is 6.08 Å². The number of thioether (sulfide) groups is 1. The molecule has 1 fully saturated rings. The van der Waals surface area contributed by atoms with Crippen LogP contribution in [0.25, 0.3) is 0 Å². The fraction of sp³-hybridized carbons (Fsp3) is 0.579. The zero-order chi connectivity index (χ0) is 18.0. The summed E-state index contributed by atoms with van der Waals surface area (Å²) in [5, 5.41) is 10.8. The summed E-state index contributed by atoms with van der Waals surface area (Å²) in [6.07, 6.45) is 2.81. The molecule has 0 radical (unpaired) electrons. The van der Waals surface area contributed by atoms with E-state index in [0.29, 0.717) is 0 Å². The van der Waals surface area contributed by atoms with Crippen LogP contribution in [0.1, 0.15) is 30.5 Å². The Morgan fingerprint density at radius 1 is 1.40 bits per heavy atom. The smallest absolute Gasteiger partial charge is 0.284 e. The minimum Gasteiger partial charge on any atom is -0.373 e. The van der Waals surface area contributed by atoms with Gasteiger partial charge in [0.25, 0.3) is 5.82 Å². The maximum Gasteiger partial charge on any atom is 0.284 e. The van der Waals surface area contributed by atoms with Crippen molar-refractivity contribution in [2.45, 2.75) is 37.4 Å². The van der Waals surface area contributed by atoms with Gasteiger partial charge in [0.1, 0.15) is 36.8 Å².